The summed E-state index contributed by atoms with van der Waals surface area (Å²) < 4.78 is 20.6. The van der Waals surface area contributed by atoms with E-state index in [0.717, 1.165) is 5.71 Å². The molecule has 1 aromatic carbocycles. The number of nitrogens with zero attached hydrogens (tertiary/aromatic N) is 2. The highest BCUT2D eigenvalue weighted by Crippen LogP contribution is 2.21. The second-order valence-electron chi connectivity index (χ2n) is 7.29. The molecule has 1 aliphatic rings. The number of aliphatic hydroxyl groups excluding tert-OH is 1. The van der Waals surface area contributed by atoms with Crippen LogP contribution in [0.2, 0.25) is 5.02 Å². The molecular formula is C18H25ClFN2O3+. The molecule has 1 aromatic rings. The molecule has 0 bridgehead atoms. The van der Waals surface area contributed by atoms with E-state index in [-0.39, 0.29) is 11.1 Å². The van der Waals surface area contributed by atoms with E-state index in [4.69, 9.17) is 16.3 Å². The lowest BCUT2D eigenvalue weighted by Crippen LogP contribution is -2.48. The molecule has 2 rings (SSSR count). The lowest BCUT2D eigenvalue weighted by molar-refractivity contribution is -0.458. The van der Waals surface area contributed by atoms with Crippen LogP contribution in [0.3, 0.4) is 0 Å². The van der Waals surface area contributed by atoms with Crippen molar-refractivity contribution >= 4 is 23.4 Å². The Bertz CT molecular complexity index is 685. The fraction of sp³-hybridized carbons (Fsp3) is 0.556. The molecule has 5 nitrogen and oxygen atoms in total. The van der Waals surface area contributed by atoms with Gasteiger partial charge in [-0.15, -0.1) is 4.58 Å². The second-order valence-corrected chi connectivity index (χ2v) is 7.70. The summed E-state index contributed by atoms with van der Waals surface area (Å²) in [5, 5.41) is 10.4. The zero-order valence-electron chi connectivity index (χ0n) is 15.1. The maximum absolute atomic E-state index is 13.5. The Kier molecular flexibility index (Phi) is 6.19. The molecular weight excluding hydrogens is 347 g/mol. The number of ether oxygens (including phenoxy) is 1. The molecule has 138 valence electrons. The number of carbonyl (C=O) groups is 1. The van der Waals surface area contributed by atoms with Gasteiger partial charge in [0.05, 0.1) is 24.2 Å². The number of rotatable bonds is 3. The fourth-order valence-corrected chi connectivity index (χ4v) is 2.83. The summed E-state index contributed by atoms with van der Waals surface area (Å²) in [6, 6.07) is 4.30. The van der Waals surface area contributed by atoms with Crippen LogP contribution >= 0.6 is 11.6 Å². The molecule has 25 heavy (non-hydrogen) atoms. The third kappa shape index (κ3) is 5.49. The van der Waals surface area contributed by atoms with Crippen molar-refractivity contribution in [2.24, 2.45) is 0 Å². The third-order valence-corrected chi connectivity index (χ3v) is 4.23. The molecule has 0 saturated carbocycles. The van der Waals surface area contributed by atoms with Crippen molar-refractivity contribution in [3.05, 3.63) is 34.6 Å². The SMILES string of the molecule is CC1=[N+](C(=O)OC(C)(C)C)CCN(CC(O)c2ccc(Cl)c(F)c2)C1. The molecule has 7 heteroatoms. The summed E-state index contributed by atoms with van der Waals surface area (Å²) in [6.45, 7) is 9.33. The van der Waals surface area contributed by atoms with E-state index in [0.29, 0.717) is 31.7 Å². The molecule has 0 fully saturated rings. The van der Waals surface area contributed by atoms with E-state index in [9.17, 15) is 14.3 Å². The van der Waals surface area contributed by atoms with Crippen LogP contribution in [0.4, 0.5) is 9.18 Å². The Morgan fingerprint density at radius 2 is 2.16 bits per heavy atom. The monoisotopic (exact) mass is 371 g/mol. The van der Waals surface area contributed by atoms with Gasteiger partial charge in [-0.05, 0) is 38.5 Å². The van der Waals surface area contributed by atoms with Crippen molar-refractivity contribution in [1.82, 2.24) is 4.90 Å². The lowest BCUT2D eigenvalue weighted by Gasteiger charge is -2.27. The molecule has 1 N–H and O–H groups in total. The summed E-state index contributed by atoms with van der Waals surface area (Å²) in [5.41, 5.74) is 0.799. The molecule has 0 radical (unpaired) electrons. The predicted octanol–water partition coefficient (Wildman–Crippen LogP) is 3.24. The molecule has 0 spiro atoms. The summed E-state index contributed by atoms with van der Waals surface area (Å²) >= 11 is 5.67. The highest BCUT2D eigenvalue weighted by Gasteiger charge is 2.33. The van der Waals surface area contributed by atoms with Crippen molar-refractivity contribution in [2.45, 2.75) is 39.4 Å². The number of carbonyl (C=O) groups excluding carboxylic acids is 1. The molecule has 0 aliphatic carbocycles. The van der Waals surface area contributed by atoms with E-state index in [2.05, 4.69) is 0 Å². The van der Waals surface area contributed by atoms with E-state index in [1.54, 1.807) is 10.6 Å². The van der Waals surface area contributed by atoms with Gasteiger partial charge in [-0.1, -0.05) is 17.7 Å². The van der Waals surface area contributed by atoms with Gasteiger partial charge in [0.1, 0.15) is 11.4 Å². The molecule has 1 amide bonds. The van der Waals surface area contributed by atoms with Crippen LogP contribution in [0.5, 0.6) is 0 Å². The first-order valence-corrected chi connectivity index (χ1v) is 8.63. The van der Waals surface area contributed by atoms with Crippen LogP contribution < -0.4 is 0 Å². The zero-order chi connectivity index (χ0) is 18.8. The van der Waals surface area contributed by atoms with Gasteiger partial charge in [0.2, 0.25) is 0 Å². The molecule has 0 saturated heterocycles. The average molecular weight is 372 g/mol. The fourth-order valence-electron chi connectivity index (χ4n) is 2.71. The minimum absolute atomic E-state index is 0.0334. The van der Waals surface area contributed by atoms with E-state index >= 15 is 0 Å². The number of benzene rings is 1. The Balaban J connectivity index is 2.00. The Labute approximate surface area is 152 Å². The van der Waals surface area contributed by atoms with Gasteiger partial charge < -0.3 is 9.84 Å². The Hall–Kier alpha value is -1.50. The largest absolute Gasteiger partial charge is 0.596 e. The van der Waals surface area contributed by atoms with Crippen LogP contribution in [-0.4, -0.2) is 58.2 Å². The van der Waals surface area contributed by atoms with Gasteiger partial charge in [-0.25, -0.2) is 4.39 Å². The first-order chi connectivity index (χ1) is 11.6. The number of aliphatic hydroxyl groups is 1. The summed E-state index contributed by atoms with van der Waals surface area (Å²) in [4.78, 5) is 14.2. The normalized spacial score (nSPS) is 17.6. The summed E-state index contributed by atoms with van der Waals surface area (Å²) in [6.07, 6.45) is -1.18. The van der Waals surface area contributed by atoms with Crippen LogP contribution in [0.1, 0.15) is 39.4 Å². The highest BCUT2D eigenvalue weighted by atomic mass is 35.5. The van der Waals surface area contributed by atoms with Crippen LogP contribution in [-0.2, 0) is 4.74 Å². The minimum atomic E-state index is -0.826. The van der Waals surface area contributed by atoms with Gasteiger partial charge in [-0.3, -0.25) is 4.90 Å². The summed E-state index contributed by atoms with van der Waals surface area (Å²) in [5.74, 6) is -0.546. The van der Waals surface area contributed by atoms with Gasteiger partial charge in [0.25, 0.3) is 0 Å². The van der Waals surface area contributed by atoms with Gasteiger partial charge in [0, 0.05) is 13.5 Å². The molecule has 1 unspecified atom stereocenters. The van der Waals surface area contributed by atoms with Crippen LogP contribution in [0.15, 0.2) is 18.2 Å². The minimum Gasteiger partial charge on any atom is -0.406 e. The lowest BCUT2D eigenvalue weighted by atomic mass is 10.1. The van der Waals surface area contributed by atoms with Gasteiger partial charge in [-0.2, -0.15) is 4.79 Å². The molecule has 1 heterocycles. The van der Waals surface area contributed by atoms with E-state index in [1.807, 2.05) is 32.6 Å². The molecule has 1 atom stereocenters. The van der Waals surface area contributed by atoms with Crippen molar-refractivity contribution in [3.63, 3.8) is 0 Å². The topological polar surface area (TPSA) is 52.8 Å². The van der Waals surface area contributed by atoms with Crippen LogP contribution in [0, 0.1) is 5.82 Å². The molecule has 1 aliphatic heterocycles. The Morgan fingerprint density at radius 3 is 2.72 bits per heavy atom. The third-order valence-electron chi connectivity index (χ3n) is 3.93. The standard InChI is InChI=1S/C18H25ClFN2O3/c1-12-10-21(7-8-22(12)17(24)25-18(2,3)4)11-16(23)13-5-6-14(19)15(20)9-13/h5-6,9,16,23H,7-8,10-11H2,1-4H3/q+1. The van der Waals surface area contributed by atoms with Gasteiger partial charge in [0.15, 0.2) is 12.3 Å². The Morgan fingerprint density at radius 1 is 1.48 bits per heavy atom. The van der Waals surface area contributed by atoms with Crippen molar-refractivity contribution in [2.75, 3.05) is 26.2 Å². The number of hydrogen-bond acceptors (Lipinski definition) is 4. The van der Waals surface area contributed by atoms with E-state index in [1.165, 1.54) is 12.1 Å². The van der Waals surface area contributed by atoms with Crippen molar-refractivity contribution < 1.29 is 23.6 Å². The number of β-amino-alcohol motifs (C(OH)–C–C–N with tert-alkyl or cyclic N) is 1. The molecule has 0 aromatic heterocycles. The van der Waals surface area contributed by atoms with E-state index < -0.39 is 17.5 Å². The smallest absolute Gasteiger partial charge is 0.406 e. The van der Waals surface area contributed by atoms with Crippen LogP contribution in [0.25, 0.3) is 0 Å². The number of amides is 1. The van der Waals surface area contributed by atoms with Crippen molar-refractivity contribution in [1.29, 1.82) is 0 Å². The zero-order valence-corrected chi connectivity index (χ0v) is 15.8. The van der Waals surface area contributed by atoms with Gasteiger partial charge >= 0.3 is 6.09 Å². The first kappa shape index (κ1) is 19.8. The number of hydrogen-bond donors (Lipinski definition) is 1. The quantitative estimate of drug-likeness (QED) is 0.829. The predicted molar refractivity (Wildman–Crippen MR) is 94.9 cm³/mol. The highest BCUT2D eigenvalue weighted by molar-refractivity contribution is 6.30. The first-order valence-electron chi connectivity index (χ1n) is 8.25. The average Bonchev–Trinajstić information content (AvgIpc) is 2.48. The van der Waals surface area contributed by atoms with Crippen molar-refractivity contribution in [3.8, 4) is 0 Å². The summed E-state index contributed by atoms with van der Waals surface area (Å²) in [7, 11) is 0. The number of halogens is 2. The maximum atomic E-state index is 13.5. The second kappa shape index (κ2) is 7.81. The maximum Gasteiger partial charge on any atom is 0.596 e.